The number of para-hydroxylation sites is 1. The average molecular weight is 378 g/mol. The second kappa shape index (κ2) is 7.88. The first-order valence-corrected chi connectivity index (χ1v) is 9.75. The van der Waals surface area contributed by atoms with Crippen molar-refractivity contribution < 1.29 is 4.79 Å². The molecule has 2 aromatic heterocycles. The van der Waals surface area contributed by atoms with Gasteiger partial charge in [0.2, 0.25) is 11.9 Å². The summed E-state index contributed by atoms with van der Waals surface area (Å²) in [6, 6.07) is 10.3. The van der Waals surface area contributed by atoms with E-state index in [0.717, 1.165) is 56.2 Å². The summed E-state index contributed by atoms with van der Waals surface area (Å²) in [5.41, 5.74) is 3.39. The van der Waals surface area contributed by atoms with Crippen LogP contribution in [0.5, 0.6) is 0 Å². The van der Waals surface area contributed by atoms with Crippen molar-refractivity contribution in [1.82, 2.24) is 19.9 Å². The van der Waals surface area contributed by atoms with Gasteiger partial charge in [0.25, 0.3) is 0 Å². The summed E-state index contributed by atoms with van der Waals surface area (Å²) in [5, 5.41) is 4.63. The van der Waals surface area contributed by atoms with Crippen LogP contribution >= 0.6 is 0 Å². The van der Waals surface area contributed by atoms with Crippen LogP contribution in [0.25, 0.3) is 10.9 Å². The zero-order valence-electron chi connectivity index (χ0n) is 16.4. The number of aromatic nitrogens is 3. The summed E-state index contributed by atoms with van der Waals surface area (Å²) in [6.45, 7) is 7.45. The van der Waals surface area contributed by atoms with Crippen molar-refractivity contribution in [3.8, 4) is 0 Å². The molecule has 2 N–H and O–H groups in total. The first-order valence-electron chi connectivity index (χ1n) is 9.75. The number of nitrogens with zero attached hydrogens (tertiary/aromatic N) is 4. The molecule has 3 aromatic rings. The quantitative estimate of drug-likeness (QED) is 0.714. The maximum absolute atomic E-state index is 11.5. The number of aryl methyl sites for hydroxylation is 1. The Morgan fingerprint density at radius 1 is 1.18 bits per heavy atom. The van der Waals surface area contributed by atoms with Gasteiger partial charge >= 0.3 is 0 Å². The highest BCUT2D eigenvalue weighted by atomic mass is 16.2. The Hall–Kier alpha value is -3.09. The number of benzene rings is 1. The van der Waals surface area contributed by atoms with E-state index in [9.17, 15) is 4.79 Å². The number of piperazine rings is 1. The summed E-state index contributed by atoms with van der Waals surface area (Å²) in [7, 11) is 0. The number of amides is 1. The lowest BCUT2D eigenvalue weighted by Crippen LogP contribution is -2.48. The predicted molar refractivity (Wildman–Crippen MR) is 112 cm³/mol. The molecule has 0 bridgehead atoms. The molecule has 1 aliphatic heterocycles. The van der Waals surface area contributed by atoms with Gasteiger partial charge in [-0.15, -0.1) is 0 Å². The number of hydrogen-bond acceptors (Lipinski definition) is 5. The zero-order valence-corrected chi connectivity index (χ0v) is 16.4. The molecule has 1 saturated heterocycles. The molecule has 0 spiro atoms. The van der Waals surface area contributed by atoms with E-state index in [2.05, 4.69) is 44.6 Å². The van der Waals surface area contributed by atoms with Crippen molar-refractivity contribution in [2.75, 3.05) is 42.9 Å². The van der Waals surface area contributed by atoms with Crippen LogP contribution in [0.1, 0.15) is 18.2 Å². The van der Waals surface area contributed by atoms with Crippen molar-refractivity contribution in [1.29, 1.82) is 0 Å². The number of nitrogens with one attached hydrogen (secondary N) is 2. The molecule has 7 heteroatoms. The molecule has 0 unspecified atom stereocenters. The standard InChI is InChI=1S/C21H26N6O/c1-15-13-20(27-11-9-26(10-12-27)16(2)28)25-21(24-15)22-8-7-17-14-23-19-6-4-3-5-18(17)19/h3-6,13-14,23H,7-12H2,1-2H3,(H,22,24,25). The Morgan fingerprint density at radius 2 is 1.96 bits per heavy atom. The van der Waals surface area contributed by atoms with Crippen LogP contribution in [0, 0.1) is 6.92 Å². The third-order valence-corrected chi connectivity index (χ3v) is 5.24. The lowest BCUT2D eigenvalue weighted by Gasteiger charge is -2.35. The van der Waals surface area contributed by atoms with Crippen LogP contribution in [-0.4, -0.2) is 58.5 Å². The normalized spacial score (nSPS) is 14.5. The van der Waals surface area contributed by atoms with Crippen molar-refractivity contribution in [3.63, 3.8) is 0 Å². The molecular weight excluding hydrogens is 352 g/mol. The minimum atomic E-state index is 0.137. The van der Waals surface area contributed by atoms with Crippen molar-refractivity contribution in [2.24, 2.45) is 0 Å². The summed E-state index contributed by atoms with van der Waals surface area (Å²) in [5.74, 6) is 1.72. The fourth-order valence-corrected chi connectivity index (χ4v) is 3.69. The Morgan fingerprint density at radius 3 is 2.75 bits per heavy atom. The van der Waals surface area contributed by atoms with E-state index in [1.807, 2.05) is 24.0 Å². The summed E-state index contributed by atoms with van der Waals surface area (Å²) < 4.78 is 0. The highest BCUT2D eigenvalue weighted by Gasteiger charge is 2.20. The maximum Gasteiger partial charge on any atom is 0.224 e. The van der Waals surface area contributed by atoms with Crippen LogP contribution < -0.4 is 10.2 Å². The average Bonchev–Trinajstić information content (AvgIpc) is 3.11. The minimum absolute atomic E-state index is 0.137. The van der Waals surface area contributed by atoms with E-state index in [0.29, 0.717) is 5.95 Å². The van der Waals surface area contributed by atoms with Gasteiger partial charge in [0, 0.05) is 68.5 Å². The Bertz CT molecular complexity index is 974. The lowest BCUT2D eigenvalue weighted by molar-refractivity contribution is -0.129. The first-order chi connectivity index (χ1) is 13.6. The van der Waals surface area contributed by atoms with Gasteiger partial charge in [-0.2, -0.15) is 4.98 Å². The topological polar surface area (TPSA) is 77.2 Å². The smallest absolute Gasteiger partial charge is 0.224 e. The lowest BCUT2D eigenvalue weighted by atomic mass is 10.1. The van der Waals surface area contributed by atoms with E-state index in [1.54, 1.807) is 6.92 Å². The number of aromatic amines is 1. The highest BCUT2D eigenvalue weighted by molar-refractivity contribution is 5.83. The van der Waals surface area contributed by atoms with E-state index in [4.69, 9.17) is 4.98 Å². The molecular formula is C21H26N6O. The third kappa shape index (κ3) is 3.93. The van der Waals surface area contributed by atoms with Crippen LogP contribution in [-0.2, 0) is 11.2 Å². The zero-order chi connectivity index (χ0) is 19.5. The molecule has 1 aromatic carbocycles. The number of carbonyl (C=O) groups is 1. The summed E-state index contributed by atoms with van der Waals surface area (Å²) in [6.07, 6.45) is 2.97. The van der Waals surface area contributed by atoms with Crippen LogP contribution in [0.2, 0.25) is 0 Å². The van der Waals surface area contributed by atoms with Gasteiger partial charge in [0.05, 0.1) is 0 Å². The largest absolute Gasteiger partial charge is 0.361 e. The number of rotatable bonds is 5. The summed E-state index contributed by atoms with van der Waals surface area (Å²) in [4.78, 5) is 28.2. The Balaban J connectivity index is 1.39. The molecule has 3 heterocycles. The molecule has 0 atom stereocenters. The molecule has 1 aliphatic rings. The monoisotopic (exact) mass is 378 g/mol. The SMILES string of the molecule is CC(=O)N1CCN(c2cc(C)nc(NCCc3c[nH]c4ccccc34)n2)CC1. The van der Waals surface area contributed by atoms with Crippen molar-refractivity contribution in [2.45, 2.75) is 20.3 Å². The third-order valence-electron chi connectivity index (χ3n) is 5.24. The molecule has 0 saturated carbocycles. The predicted octanol–water partition coefficient (Wildman–Crippen LogP) is 2.59. The number of carbonyl (C=O) groups excluding carboxylic acids is 1. The van der Waals surface area contributed by atoms with Gasteiger partial charge in [0.1, 0.15) is 5.82 Å². The summed E-state index contributed by atoms with van der Waals surface area (Å²) >= 11 is 0. The van der Waals surface area contributed by atoms with Gasteiger partial charge in [-0.05, 0) is 25.0 Å². The number of anilines is 2. The molecule has 1 fully saturated rings. The van der Waals surface area contributed by atoms with E-state index < -0.39 is 0 Å². The van der Waals surface area contributed by atoms with Crippen molar-refractivity contribution >= 4 is 28.6 Å². The number of hydrogen-bond donors (Lipinski definition) is 2. The first kappa shape index (κ1) is 18.3. The van der Waals surface area contributed by atoms with E-state index in [-0.39, 0.29) is 5.91 Å². The molecule has 4 rings (SSSR count). The molecule has 0 aliphatic carbocycles. The van der Waals surface area contributed by atoms with Gasteiger partial charge in [0.15, 0.2) is 0 Å². The highest BCUT2D eigenvalue weighted by Crippen LogP contribution is 2.19. The molecule has 146 valence electrons. The van der Waals surface area contributed by atoms with Crippen LogP contribution in [0.4, 0.5) is 11.8 Å². The Labute approximate surface area is 164 Å². The Kier molecular flexibility index (Phi) is 5.14. The van der Waals surface area contributed by atoms with E-state index in [1.165, 1.54) is 10.9 Å². The van der Waals surface area contributed by atoms with Crippen LogP contribution in [0.15, 0.2) is 36.5 Å². The van der Waals surface area contributed by atoms with Crippen LogP contribution in [0.3, 0.4) is 0 Å². The van der Waals surface area contributed by atoms with Gasteiger partial charge in [-0.1, -0.05) is 18.2 Å². The number of H-pyrrole nitrogens is 1. The molecule has 0 radical (unpaired) electrons. The van der Waals surface area contributed by atoms with Gasteiger partial charge < -0.3 is 20.1 Å². The fourth-order valence-electron chi connectivity index (χ4n) is 3.69. The van der Waals surface area contributed by atoms with Gasteiger partial charge in [-0.25, -0.2) is 4.98 Å². The minimum Gasteiger partial charge on any atom is -0.361 e. The second-order valence-electron chi connectivity index (χ2n) is 7.22. The van der Waals surface area contributed by atoms with Gasteiger partial charge in [-0.3, -0.25) is 4.79 Å². The fraction of sp³-hybridized carbons (Fsp3) is 0.381. The maximum atomic E-state index is 11.5. The molecule has 1 amide bonds. The second-order valence-corrected chi connectivity index (χ2v) is 7.22. The van der Waals surface area contributed by atoms with Crippen molar-refractivity contribution in [3.05, 3.63) is 47.8 Å². The molecule has 28 heavy (non-hydrogen) atoms. The molecule has 7 nitrogen and oxygen atoms in total. The number of fused-ring (bicyclic) bond motifs is 1. The van der Waals surface area contributed by atoms with E-state index >= 15 is 0 Å².